The van der Waals surface area contributed by atoms with Gasteiger partial charge in [0.05, 0.1) is 0 Å². The quantitative estimate of drug-likeness (QED) is 0.522. The van der Waals surface area contributed by atoms with Gasteiger partial charge >= 0.3 is 0 Å². The summed E-state index contributed by atoms with van der Waals surface area (Å²) in [4.78, 5) is 12.1. The van der Waals surface area contributed by atoms with Crippen LogP contribution >= 0.6 is 0 Å². The Morgan fingerprint density at radius 2 is 1.62 bits per heavy atom. The monoisotopic (exact) mass is 462 g/mol. The second-order valence-electron chi connectivity index (χ2n) is 14.5. The fraction of sp³-hybridized carbons (Fsp3) is 0.667. The van der Waals surface area contributed by atoms with Crippen molar-refractivity contribution in [2.24, 2.45) is 16.2 Å². The second kappa shape index (κ2) is 7.96. The molecule has 0 aliphatic carbocycles. The van der Waals surface area contributed by atoms with Crippen LogP contribution in [0.2, 0.25) is 0 Å². The number of rotatable bonds is 3. The fourth-order valence-electron chi connectivity index (χ4n) is 6.39. The standard InChI is InChI=1S/C30H46N4/c1-27(2,3)24-14-19-17-32-20(15-23(19)34(24)29(7,8)9)16-30(10,11)26-25(28(4,5)6)21-18-31-13-12-22(21)33-26/h12-13,15,17-18,24-26,33H,14,16H2,1-11H3. The van der Waals surface area contributed by atoms with Gasteiger partial charge in [0.1, 0.15) is 0 Å². The van der Waals surface area contributed by atoms with Crippen LogP contribution in [0.15, 0.2) is 30.7 Å². The van der Waals surface area contributed by atoms with E-state index >= 15 is 0 Å². The van der Waals surface area contributed by atoms with Crippen molar-refractivity contribution in [3.8, 4) is 0 Å². The van der Waals surface area contributed by atoms with Gasteiger partial charge in [0.15, 0.2) is 0 Å². The normalized spacial score (nSPS) is 23.0. The zero-order valence-electron chi connectivity index (χ0n) is 23.4. The molecule has 2 aliphatic heterocycles. The van der Waals surface area contributed by atoms with Crippen molar-refractivity contribution in [1.82, 2.24) is 9.97 Å². The molecule has 0 aromatic carbocycles. The van der Waals surface area contributed by atoms with Gasteiger partial charge in [-0.1, -0.05) is 55.4 Å². The summed E-state index contributed by atoms with van der Waals surface area (Å²) in [5, 5.41) is 3.89. The van der Waals surface area contributed by atoms with E-state index in [1.807, 2.05) is 6.20 Å². The first-order valence-electron chi connectivity index (χ1n) is 13.0. The lowest BCUT2D eigenvalue weighted by atomic mass is 9.66. The van der Waals surface area contributed by atoms with E-state index < -0.39 is 0 Å². The summed E-state index contributed by atoms with van der Waals surface area (Å²) >= 11 is 0. The van der Waals surface area contributed by atoms with E-state index in [1.165, 1.54) is 28.2 Å². The third-order valence-corrected chi connectivity index (χ3v) is 7.97. The summed E-state index contributed by atoms with van der Waals surface area (Å²) in [5.74, 6) is 0.400. The van der Waals surface area contributed by atoms with E-state index in [9.17, 15) is 0 Å². The third-order valence-electron chi connectivity index (χ3n) is 7.97. The number of nitrogens with zero attached hydrogens (tertiary/aromatic N) is 3. The highest BCUT2D eigenvalue weighted by molar-refractivity contribution is 5.62. The van der Waals surface area contributed by atoms with Crippen molar-refractivity contribution in [2.75, 3.05) is 10.2 Å². The summed E-state index contributed by atoms with van der Waals surface area (Å²) in [6.45, 7) is 26.0. The molecule has 2 aliphatic rings. The molecule has 34 heavy (non-hydrogen) atoms. The van der Waals surface area contributed by atoms with Crippen LogP contribution < -0.4 is 10.2 Å². The number of fused-ring (bicyclic) bond motifs is 2. The zero-order valence-corrected chi connectivity index (χ0v) is 23.4. The molecule has 2 aromatic rings. The molecule has 186 valence electrons. The van der Waals surface area contributed by atoms with E-state index in [-0.39, 0.29) is 21.8 Å². The van der Waals surface area contributed by atoms with Crippen molar-refractivity contribution in [2.45, 2.75) is 113 Å². The van der Waals surface area contributed by atoms with Crippen LogP contribution in [-0.4, -0.2) is 27.6 Å². The molecule has 4 heteroatoms. The summed E-state index contributed by atoms with van der Waals surface area (Å²) in [7, 11) is 0. The Morgan fingerprint density at radius 1 is 0.941 bits per heavy atom. The predicted molar refractivity (Wildman–Crippen MR) is 145 cm³/mol. The van der Waals surface area contributed by atoms with Gasteiger partial charge < -0.3 is 10.2 Å². The van der Waals surface area contributed by atoms with E-state index in [2.05, 4.69) is 116 Å². The van der Waals surface area contributed by atoms with Gasteiger partial charge in [-0.05, 0) is 73.1 Å². The van der Waals surface area contributed by atoms with Gasteiger partial charge in [-0.3, -0.25) is 9.97 Å². The highest BCUT2D eigenvalue weighted by Crippen LogP contribution is 2.52. The first-order valence-corrected chi connectivity index (χ1v) is 13.0. The Labute approximate surface area is 208 Å². The van der Waals surface area contributed by atoms with Crippen molar-refractivity contribution in [3.05, 3.63) is 47.5 Å². The molecule has 0 saturated carbocycles. The molecule has 0 radical (unpaired) electrons. The van der Waals surface area contributed by atoms with Crippen LogP contribution in [0.25, 0.3) is 0 Å². The Hall–Kier alpha value is -2.10. The Kier molecular flexibility index (Phi) is 5.86. The first kappa shape index (κ1) is 25.0. The number of hydrogen-bond donors (Lipinski definition) is 1. The van der Waals surface area contributed by atoms with Gasteiger partial charge in [0, 0.05) is 59.2 Å². The molecule has 0 bridgehead atoms. The van der Waals surface area contributed by atoms with Crippen molar-refractivity contribution < 1.29 is 0 Å². The minimum absolute atomic E-state index is 0.0206. The van der Waals surface area contributed by atoms with Crippen LogP contribution in [-0.2, 0) is 12.8 Å². The maximum Gasteiger partial charge on any atom is 0.0440 e. The lowest BCUT2D eigenvalue weighted by Gasteiger charge is -2.45. The second-order valence-corrected chi connectivity index (χ2v) is 14.5. The van der Waals surface area contributed by atoms with Gasteiger partial charge in [0.25, 0.3) is 0 Å². The van der Waals surface area contributed by atoms with Gasteiger partial charge in [-0.2, -0.15) is 0 Å². The molecule has 0 saturated heterocycles. The maximum atomic E-state index is 5.01. The third kappa shape index (κ3) is 4.45. The van der Waals surface area contributed by atoms with E-state index in [1.54, 1.807) is 0 Å². The van der Waals surface area contributed by atoms with Gasteiger partial charge in [-0.15, -0.1) is 0 Å². The molecule has 0 amide bonds. The minimum Gasteiger partial charge on any atom is -0.381 e. The molecule has 3 atom stereocenters. The molecule has 0 fully saturated rings. The van der Waals surface area contributed by atoms with E-state index in [4.69, 9.17) is 4.98 Å². The highest BCUT2D eigenvalue weighted by atomic mass is 15.2. The predicted octanol–water partition coefficient (Wildman–Crippen LogP) is 7.25. The number of nitrogens with one attached hydrogen (secondary N) is 1. The van der Waals surface area contributed by atoms with Crippen LogP contribution in [0, 0.1) is 16.2 Å². The highest BCUT2D eigenvalue weighted by Gasteiger charge is 2.47. The minimum atomic E-state index is 0.0206. The molecule has 1 N–H and O–H groups in total. The van der Waals surface area contributed by atoms with Crippen molar-refractivity contribution in [1.29, 1.82) is 0 Å². The topological polar surface area (TPSA) is 41.1 Å². The molecule has 4 nitrogen and oxygen atoms in total. The number of hydrogen-bond acceptors (Lipinski definition) is 4. The number of pyridine rings is 2. The van der Waals surface area contributed by atoms with Crippen LogP contribution in [0.4, 0.5) is 11.4 Å². The number of anilines is 2. The first-order chi connectivity index (χ1) is 15.5. The molecule has 2 aromatic heterocycles. The van der Waals surface area contributed by atoms with E-state index in [0.717, 1.165) is 12.8 Å². The van der Waals surface area contributed by atoms with E-state index in [0.29, 0.717) is 18.0 Å². The molecule has 4 heterocycles. The Morgan fingerprint density at radius 3 is 2.21 bits per heavy atom. The summed E-state index contributed by atoms with van der Waals surface area (Å²) < 4.78 is 0. The van der Waals surface area contributed by atoms with Crippen LogP contribution in [0.3, 0.4) is 0 Å². The fourth-order valence-corrected chi connectivity index (χ4v) is 6.39. The average molecular weight is 463 g/mol. The lowest BCUT2D eigenvalue weighted by Crippen LogP contribution is -2.51. The van der Waals surface area contributed by atoms with Crippen molar-refractivity contribution >= 4 is 11.4 Å². The van der Waals surface area contributed by atoms with Crippen molar-refractivity contribution in [3.63, 3.8) is 0 Å². The number of aromatic nitrogens is 2. The average Bonchev–Trinajstić information content (AvgIpc) is 3.26. The molecule has 0 spiro atoms. The zero-order chi connectivity index (χ0) is 25.3. The summed E-state index contributed by atoms with van der Waals surface area (Å²) in [5.41, 5.74) is 6.98. The SMILES string of the molecule is CC(C)(C)C1c2cnccc2NC1C(C)(C)Cc1cc2c(cn1)CC(C(C)(C)C)N2C(C)(C)C. The molecule has 3 unspecified atom stereocenters. The summed E-state index contributed by atoms with van der Waals surface area (Å²) in [6.07, 6.45) is 8.13. The van der Waals surface area contributed by atoms with Gasteiger partial charge in [0.2, 0.25) is 0 Å². The van der Waals surface area contributed by atoms with Crippen LogP contribution in [0.1, 0.15) is 98.9 Å². The maximum absolute atomic E-state index is 5.01. The molecule has 4 rings (SSSR count). The lowest BCUT2D eigenvalue weighted by molar-refractivity contribution is 0.196. The smallest absolute Gasteiger partial charge is 0.0440 e. The largest absolute Gasteiger partial charge is 0.381 e. The summed E-state index contributed by atoms with van der Waals surface area (Å²) in [6, 6.07) is 5.33. The molecular weight excluding hydrogens is 416 g/mol. The van der Waals surface area contributed by atoms with Crippen LogP contribution in [0.5, 0.6) is 0 Å². The molecular formula is C30H46N4. The van der Waals surface area contributed by atoms with Gasteiger partial charge in [-0.25, -0.2) is 0 Å². The Bertz CT molecular complexity index is 1050. The Balaban J connectivity index is 1.67.